The fourth-order valence-electron chi connectivity index (χ4n) is 2.95. The second-order valence-electron chi connectivity index (χ2n) is 5.51. The number of anilines is 1. The first kappa shape index (κ1) is 14.8. The smallest absolute Gasteiger partial charge is 0.266 e. The lowest BCUT2D eigenvalue weighted by molar-refractivity contribution is 0.0926. The molecule has 4 rings (SSSR count). The molecule has 2 amide bonds. The van der Waals surface area contributed by atoms with E-state index >= 15 is 0 Å². The van der Waals surface area contributed by atoms with Crippen molar-refractivity contribution in [1.29, 1.82) is 0 Å². The molecule has 1 aliphatic heterocycles. The van der Waals surface area contributed by atoms with Gasteiger partial charge in [-0.3, -0.25) is 14.3 Å². The van der Waals surface area contributed by atoms with Crippen LogP contribution in [0.4, 0.5) is 5.69 Å². The quantitative estimate of drug-likeness (QED) is 0.636. The number of amides is 2. The number of aryl methyl sites for hydroxylation is 1. The van der Waals surface area contributed by atoms with Crippen LogP contribution in [0.2, 0.25) is 0 Å². The van der Waals surface area contributed by atoms with E-state index in [1.807, 2.05) is 25.2 Å². The second-order valence-corrected chi connectivity index (χ2v) is 6.36. The first-order valence-electron chi connectivity index (χ1n) is 7.33. The Morgan fingerprint density at radius 3 is 2.21 bits per heavy atom. The number of hydrogen-bond acceptors (Lipinski definition) is 3. The number of hydrogen-bond donors (Lipinski definition) is 0. The van der Waals surface area contributed by atoms with Crippen molar-refractivity contribution in [2.24, 2.45) is 7.05 Å². The molecule has 5 nitrogen and oxygen atoms in total. The Kier molecular flexibility index (Phi) is 3.35. The molecule has 2 aromatic carbocycles. The number of nitrogens with zero attached hydrogens (tertiary/aromatic N) is 3. The number of halogens is 1. The lowest BCUT2D eigenvalue weighted by atomic mass is 10.1. The summed E-state index contributed by atoms with van der Waals surface area (Å²) in [6.45, 7) is 0. The van der Waals surface area contributed by atoms with E-state index in [2.05, 4.69) is 21.0 Å². The minimum Gasteiger partial charge on any atom is -0.268 e. The lowest BCUT2D eigenvalue weighted by Crippen LogP contribution is -2.29. The highest BCUT2D eigenvalue weighted by atomic mass is 79.9. The predicted molar refractivity (Wildman–Crippen MR) is 93.9 cm³/mol. The number of benzene rings is 2. The SMILES string of the molecule is Cn1ncc(Br)c1-c1cccc(N2C(=O)c3ccccc3C2=O)c1. The van der Waals surface area contributed by atoms with Crippen LogP contribution in [0.1, 0.15) is 20.7 Å². The number of aromatic nitrogens is 2. The Hall–Kier alpha value is -2.73. The first-order valence-corrected chi connectivity index (χ1v) is 8.13. The van der Waals surface area contributed by atoms with Crippen LogP contribution in [0, 0.1) is 0 Å². The summed E-state index contributed by atoms with van der Waals surface area (Å²) in [6.07, 6.45) is 1.71. The topological polar surface area (TPSA) is 55.2 Å². The van der Waals surface area contributed by atoms with Gasteiger partial charge in [0.1, 0.15) is 0 Å². The highest BCUT2D eigenvalue weighted by Gasteiger charge is 2.36. The average Bonchev–Trinajstić information content (AvgIpc) is 3.05. The summed E-state index contributed by atoms with van der Waals surface area (Å²) in [7, 11) is 1.84. The third-order valence-electron chi connectivity index (χ3n) is 4.07. The van der Waals surface area contributed by atoms with Gasteiger partial charge in [-0.05, 0) is 40.2 Å². The van der Waals surface area contributed by atoms with E-state index in [9.17, 15) is 9.59 Å². The van der Waals surface area contributed by atoms with Crippen LogP contribution < -0.4 is 4.90 Å². The van der Waals surface area contributed by atoms with Crippen LogP contribution in [-0.2, 0) is 7.05 Å². The van der Waals surface area contributed by atoms with Gasteiger partial charge in [0.05, 0.1) is 33.2 Å². The van der Waals surface area contributed by atoms with Gasteiger partial charge in [0.25, 0.3) is 11.8 Å². The van der Waals surface area contributed by atoms with Gasteiger partial charge in [-0.25, -0.2) is 4.90 Å². The molecule has 24 heavy (non-hydrogen) atoms. The van der Waals surface area contributed by atoms with Crippen molar-refractivity contribution in [3.8, 4) is 11.3 Å². The number of imide groups is 1. The molecule has 0 aliphatic carbocycles. The molecule has 0 atom stereocenters. The third-order valence-corrected chi connectivity index (χ3v) is 4.65. The van der Waals surface area contributed by atoms with Gasteiger partial charge in [-0.2, -0.15) is 5.10 Å². The van der Waals surface area contributed by atoms with Gasteiger partial charge in [0, 0.05) is 12.6 Å². The number of carbonyl (C=O) groups is 2. The normalized spacial score (nSPS) is 13.5. The van der Waals surface area contributed by atoms with Crippen LogP contribution in [0.3, 0.4) is 0 Å². The molecule has 0 fully saturated rings. The largest absolute Gasteiger partial charge is 0.268 e. The molecule has 6 heteroatoms. The zero-order valence-electron chi connectivity index (χ0n) is 12.7. The van der Waals surface area contributed by atoms with E-state index in [0.29, 0.717) is 16.8 Å². The fraction of sp³-hybridized carbons (Fsp3) is 0.0556. The highest BCUT2D eigenvalue weighted by Crippen LogP contribution is 2.33. The molecule has 0 saturated carbocycles. The van der Waals surface area contributed by atoms with Crippen molar-refractivity contribution in [3.63, 3.8) is 0 Å². The van der Waals surface area contributed by atoms with Crippen molar-refractivity contribution in [2.45, 2.75) is 0 Å². The Balaban J connectivity index is 1.81. The fourth-order valence-corrected chi connectivity index (χ4v) is 3.53. The van der Waals surface area contributed by atoms with Gasteiger partial charge in [-0.15, -0.1) is 0 Å². The van der Waals surface area contributed by atoms with Gasteiger partial charge in [0.2, 0.25) is 0 Å². The van der Waals surface area contributed by atoms with Crippen LogP contribution in [0.15, 0.2) is 59.2 Å². The van der Waals surface area contributed by atoms with Crippen LogP contribution >= 0.6 is 15.9 Å². The summed E-state index contributed by atoms with van der Waals surface area (Å²) in [5.41, 5.74) is 3.18. The minimum absolute atomic E-state index is 0.295. The molecular formula is C18H12BrN3O2. The Morgan fingerprint density at radius 1 is 0.958 bits per heavy atom. The summed E-state index contributed by atoms with van der Waals surface area (Å²) in [6, 6.07) is 14.2. The van der Waals surface area contributed by atoms with Gasteiger partial charge >= 0.3 is 0 Å². The average molecular weight is 382 g/mol. The van der Waals surface area contributed by atoms with Crippen molar-refractivity contribution < 1.29 is 9.59 Å². The molecular weight excluding hydrogens is 370 g/mol. The van der Waals surface area contributed by atoms with E-state index in [4.69, 9.17) is 0 Å². The summed E-state index contributed by atoms with van der Waals surface area (Å²) < 4.78 is 2.59. The molecule has 0 N–H and O–H groups in total. The lowest BCUT2D eigenvalue weighted by Gasteiger charge is -2.15. The molecule has 2 heterocycles. The van der Waals surface area contributed by atoms with Crippen LogP contribution in [0.25, 0.3) is 11.3 Å². The maximum absolute atomic E-state index is 12.6. The second kappa shape index (κ2) is 5.42. The van der Waals surface area contributed by atoms with Crippen molar-refractivity contribution in [1.82, 2.24) is 9.78 Å². The highest BCUT2D eigenvalue weighted by molar-refractivity contribution is 9.10. The third kappa shape index (κ3) is 2.11. The van der Waals surface area contributed by atoms with Crippen molar-refractivity contribution in [2.75, 3.05) is 4.90 Å². The standard InChI is InChI=1S/C18H12BrN3O2/c1-21-16(15(19)10-20-21)11-5-4-6-12(9-11)22-17(23)13-7-2-3-8-14(13)18(22)24/h2-10H,1H3. The summed E-state index contributed by atoms with van der Waals surface area (Å²) in [5.74, 6) is -0.589. The molecule has 118 valence electrons. The van der Waals surface area contributed by atoms with E-state index < -0.39 is 0 Å². The minimum atomic E-state index is -0.295. The summed E-state index contributed by atoms with van der Waals surface area (Å²) in [4.78, 5) is 26.5. The van der Waals surface area contributed by atoms with Crippen molar-refractivity contribution >= 4 is 33.4 Å². The van der Waals surface area contributed by atoms with E-state index in [1.54, 1.807) is 41.2 Å². The zero-order valence-corrected chi connectivity index (χ0v) is 14.3. The molecule has 1 aliphatic rings. The monoisotopic (exact) mass is 381 g/mol. The molecule has 0 unspecified atom stereocenters. The zero-order chi connectivity index (χ0) is 16.8. The Bertz CT molecular complexity index is 939. The Labute approximate surface area is 146 Å². The first-order chi connectivity index (χ1) is 11.6. The predicted octanol–water partition coefficient (Wildman–Crippen LogP) is 3.65. The molecule has 0 radical (unpaired) electrons. The molecule has 0 saturated heterocycles. The molecule has 0 spiro atoms. The van der Waals surface area contributed by atoms with E-state index in [0.717, 1.165) is 15.7 Å². The molecule has 1 aromatic heterocycles. The number of carbonyl (C=O) groups excluding carboxylic acids is 2. The van der Waals surface area contributed by atoms with E-state index in [-0.39, 0.29) is 11.8 Å². The molecule has 3 aromatic rings. The van der Waals surface area contributed by atoms with E-state index in [1.165, 1.54) is 4.90 Å². The van der Waals surface area contributed by atoms with Gasteiger partial charge in [-0.1, -0.05) is 24.3 Å². The number of fused-ring (bicyclic) bond motifs is 1. The Morgan fingerprint density at radius 2 is 1.62 bits per heavy atom. The van der Waals surface area contributed by atoms with Crippen molar-refractivity contribution in [3.05, 3.63) is 70.3 Å². The molecule has 0 bridgehead atoms. The van der Waals surface area contributed by atoms with Gasteiger partial charge < -0.3 is 0 Å². The van der Waals surface area contributed by atoms with Crippen LogP contribution in [-0.4, -0.2) is 21.6 Å². The van der Waals surface area contributed by atoms with Gasteiger partial charge in [0.15, 0.2) is 0 Å². The maximum Gasteiger partial charge on any atom is 0.266 e. The number of rotatable bonds is 2. The summed E-state index contributed by atoms with van der Waals surface area (Å²) >= 11 is 3.48. The van der Waals surface area contributed by atoms with Crippen LogP contribution in [0.5, 0.6) is 0 Å². The maximum atomic E-state index is 12.6. The summed E-state index contributed by atoms with van der Waals surface area (Å²) in [5, 5.41) is 4.20.